The Kier molecular flexibility index (Phi) is 15.4. The molecule has 338 valence electrons. The van der Waals surface area contributed by atoms with Crippen LogP contribution in [0.4, 0.5) is 0 Å². The fraction of sp³-hybridized carbons (Fsp3) is 0.538. The molecule has 61 heavy (non-hydrogen) atoms. The molecule has 4 aliphatic rings. The Morgan fingerprint density at radius 3 is 0.902 bits per heavy atom. The molecule has 0 N–H and O–H groups in total. The van der Waals surface area contributed by atoms with Gasteiger partial charge < -0.3 is 0 Å². The molecule has 4 fully saturated rings. The van der Waals surface area contributed by atoms with Gasteiger partial charge in [-0.3, -0.25) is 0 Å². The summed E-state index contributed by atoms with van der Waals surface area (Å²) >= 11 is -3.67. The van der Waals surface area contributed by atoms with Crippen LogP contribution in [0.25, 0.3) is 22.3 Å². The zero-order valence-corrected chi connectivity index (χ0v) is 42.3. The van der Waals surface area contributed by atoms with E-state index in [1.807, 2.05) is 28.4 Å². The minimum atomic E-state index is -3.67. The van der Waals surface area contributed by atoms with Crippen LogP contribution in [0.5, 0.6) is 23.0 Å². The first-order valence-electron chi connectivity index (χ1n) is 23.6. The van der Waals surface area contributed by atoms with E-state index >= 15 is 0 Å². The van der Waals surface area contributed by atoms with Crippen LogP contribution in [0.3, 0.4) is 0 Å². The Bertz CT molecular complexity index is 1840. The molecule has 0 aromatic heterocycles. The van der Waals surface area contributed by atoms with E-state index in [-0.39, 0.29) is 0 Å². The number of hydrogen-bond donors (Lipinski definition) is 0. The molecular weight excluding hydrogens is 928 g/mol. The Labute approximate surface area is 379 Å². The molecule has 0 heterocycles. The van der Waals surface area contributed by atoms with Gasteiger partial charge in [0.25, 0.3) is 0 Å². The summed E-state index contributed by atoms with van der Waals surface area (Å²) in [7, 11) is 26.7. The number of rotatable bonds is 14. The maximum absolute atomic E-state index is 9.71. The van der Waals surface area contributed by atoms with Crippen molar-refractivity contribution < 1.29 is 31.5 Å². The topological polar surface area (TPSA) is 36.9 Å². The Balaban J connectivity index is 1.56. The summed E-state index contributed by atoms with van der Waals surface area (Å²) in [6.45, 7) is 0. The van der Waals surface area contributed by atoms with Crippen molar-refractivity contribution >= 4 is 40.6 Å². The number of ether oxygens (including phenoxy) is 4. The van der Waals surface area contributed by atoms with Gasteiger partial charge in [-0.05, 0) is 0 Å². The zero-order chi connectivity index (χ0) is 42.5. The van der Waals surface area contributed by atoms with Crippen molar-refractivity contribution in [3.63, 3.8) is 0 Å². The third-order valence-corrected chi connectivity index (χ3v) is 69.2. The first-order valence-corrected chi connectivity index (χ1v) is 36.2. The first kappa shape index (κ1) is 45.7. The third kappa shape index (κ3) is 8.14. The van der Waals surface area contributed by atoms with E-state index in [9.17, 15) is 19.1 Å². The van der Waals surface area contributed by atoms with Crippen molar-refractivity contribution in [1.29, 1.82) is 0 Å². The molecule has 4 aromatic carbocycles. The summed E-state index contributed by atoms with van der Waals surface area (Å²) < 4.78 is 25.2. The molecule has 4 saturated carbocycles. The Morgan fingerprint density at radius 1 is 0.377 bits per heavy atom. The minimum absolute atomic E-state index is 0.519. The average Bonchev–Trinajstić information content (AvgIpc) is 3.33. The van der Waals surface area contributed by atoms with E-state index in [0.717, 1.165) is 34.1 Å². The molecule has 0 amide bonds. The van der Waals surface area contributed by atoms with Crippen LogP contribution in [0, 0.1) is 0 Å². The monoisotopic (exact) mass is 998 g/mol. The van der Waals surface area contributed by atoms with E-state index in [4.69, 9.17) is 18.9 Å². The van der Waals surface area contributed by atoms with Gasteiger partial charge in [-0.2, -0.15) is 0 Å². The molecule has 0 aliphatic heterocycles. The average molecular weight is 1000 g/mol. The van der Waals surface area contributed by atoms with Gasteiger partial charge in [0.15, 0.2) is 0 Å². The van der Waals surface area contributed by atoms with Crippen LogP contribution in [-0.2, 0) is 12.5 Å². The maximum atomic E-state index is 9.71. The fourth-order valence-corrected chi connectivity index (χ4v) is 86.5. The van der Waals surface area contributed by atoms with Crippen molar-refractivity contribution in [1.82, 2.24) is 0 Å². The SMILES string of the molecule is COc1cccc(OC)c1-c1ccccc1[PH](C1CCCCC1)(C1CCCCC1)[Pd]([Cl])([Cl])[PH](c1ccccc1-c1c(OC)cccc1OC)(C1CCCCC1)C1CCCCC1. The molecule has 0 unspecified atom stereocenters. The fourth-order valence-electron chi connectivity index (χ4n) is 12.9. The number of hydrogen-bond acceptors (Lipinski definition) is 4. The summed E-state index contributed by atoms with van der Waals surface area (Å²) in [5.74, 6) is 3.43. The van der Waals surface area contributed by atoms with Crippen LogP contribution in [0.15, 0.2) is 84.9 Å². The van der Waals surface area contributed by atoms with Crippen molar-refractivity contribution in [2.45, 2.75) is 151 Å². The van der Waals surface area contributed by atoms with Crippen LogP contribution in [0.2, 0.25) is 0 Å². The molecule has 9 heteroatoms. The van der Waals surface area contributed by atoms with E-state index in [1.165, 1.54) is 150 Å². The quantitative estimate of drug-likeness (QED) is 0.0932. The second kappa shape index (κ2) is 20.6. The predicted octanol–water partition coefficient (Wildman–Crippen LogP) is 15.1. The third-order valence-electron chi connectivity index (χ3n) is 15.4. The Hall–Kier alpha value is -1.82. The summed E-state index contributed by atoms with van der Waals surface area (Å²) in [4.78, 5) is 0. The van der Waals surface area contributed by atoms with Gasteiger partial charge in [-0.1, -0.05) is 0 Å². The van der Waals surface area contributed by atoms with Gasteiger partial charge in [-0.15, -0.1) is 0 Å². The molecule has 0 saturated heterocycles. The second-order valence-electron chi connectivity index (χ2n) is 18.3. The van der Waals surface area contributed by atoms with Crippen molar-refractivity contribution in [2.75, 3.05) is 28.4 Å². The second-order valence-corrected chi connectivity index (χ2v) is 52.2. The van der Waals surface area contributed by atoms with Gasteiger partial charge in [0.2, 0.25) is 0 Å². The molecule has 4 nitrogen and oxygen atoms in total. The predicted molar refractivity (Wildman–Crippen MR) is 265 cm³/mol. The van der Waals surface area contributed by atoms with Crippen LogP contribution >= 0.6 is 30.0 Å². The summed E-state index contributed by atoms with van der Waals surface area (Å²) in [5, 5.41) is 3.05. The van der Waals surface area contributed by atoms with Crippen molar-refractivity contribution in [2.24, 2.45) is 0 Å². The standard InChI is InChI=1S/2C26H35O2P.2ClH.Pd/c2*1-27-23-17-11-18-24(28-2)26(23)22-16-9-10-19-25(22)29(20-12-5-3-6-13-20)21-14-7-4-8-15-21;;;/h2*9-11,16-21H,3-8,12-15H2,1-2H3;2*1H;. The molecule has 8 rings (SSSR count). The van der Waals surface area contributed by atoms with Gasteiger partial charge in [0, 0.05) is 0 Å². The van der Waals surface area contributed by atoms with E-state index < -0.39 is 23.4 Å². The van der Waals surface area contributed by atoms with E-state index in [0.29, 0.717) is 22.6 Å². The van der Waals surface area contributed by atoms with Crippen molar-refractivity contribution in [3.05, 3.63) is 84.9 Å². The molecule has 4 aliphatic carbocycles. The molecular formula is C52H72Cl2O4P2Pd. The molecule has 4 aromatic rings. The molecule has 0 atom stereocenters. The van der Waals surface area contributed by atoms with Gasteiger partial charge in [-0.25, -0.2) is 0 Å². The zero-order valence-electron chi connectivity index (χ0n) is 37.2. The van der Waals surface area contributed by atoms with Crippen LogP contribution in [-0.4, -0.2) is 51.1 Å². The first-order chi connectivity index (χ1) is 29.9. The van der Waals surface area contributed by atoms with Gasteiger partial charge >= 0.3 is 382 Å². The van der Waals surface area contributed by atoms with Gasteiger partial charge in [0.1, 0.15) is 0 Å². The van der Waals surface area contributed by atoms with Gasteiger partial charge in [0.05, 0.1) is 0 Å². The normalized spacial score (nSPS) is 20.2. The molecule has 0 radical (unpaired) electrons. The molecule has 0 bridgehead atoms. The van der Waals surface area contributed by atoms with E-state index in [2.05, 4.69) is 84.9 Å². The van der Waals surface area contributed by atoms with E-state index in [1.54, 1.807) is 0 Å². The summed E-state index contributed by atoms with van der Waals surface area (Å²) in [5.41, 5.74) is 0.759. The number of halogens is 2. The molecule has 0 spiro atoms. The van der Waals surface area contributed by atoms with Crippen LogP contribution < -0.4 is 29.6 Å². The Morgan fingerprint density at radius 2 is 0.639 bits per heavy atom. The van der Waals surface area contributed by atoms with Crippen LogP contribution in [0.1, 0.15) is 128 Å². The number of methoxy groups -OCH3 is 4. The number of benzene rings is 4. The summed E-state index contributed by atoms with van der Waals surface area (Å²) in [6.07, 6.45) is 25.2. The summed E-state index contributed by atoms with van der Waals surface area (Å²) in [6, 6.07) is 31.7. The van der Waals surface area contributed by atoms with Crippen molar-refractivity contribution in [3.8, 4) is 45.3 Å².